The molecule has 0 N–H and O–H groups in total. The lowest BCUT2D eigenvalue weighted by Crippen LogP contribution is -2.00. The van der Waals surface area contributed by atoms with E-state index in [9.17, 15) is 13.2 Å². The summed E-state index contributed by atoms with van der Waals surface area (Å²) in [6, 6.07) is 4.88. The zero-order chi connectivity index (χ0) is 10.3. The van der Waals surface area contributed by atoms with Crippen LogP contribution in [0.4, 0.5) is 0 Å². The first kappa shape index (κ1) is 9.40. The second-order valence-electron chi connectivity index (χ2n) is 3.41. The predicted molar refractivity (Wildman–Crippen MR) is 52.2 cm³/mol. The molecule has 0 spiro atoms. The van der Waals surface area contributed by atoms with E-state index in [1.54, 1.807) is 18.2 Å². The average molecular weight is 210 g/mol. The van der Waals surface area contributed by atoms with Gasteiger partial charge in [-0.05, 0) is 25.0 Å². The Morgan fingerprint density at radius 3 is 2.71 bits per heavy atom. The maximum Gasteiger partial charge on any atom is 0.179 e. The van der Waals surface area contributed by atoms with Gasteiger partial charge in [0.05, 0.1) is 10.6 Å². The number of sulfone groups is 1. The van der Waals surface area contributed by atoms with Crippen LogP contribution < -0.4 is 0 Å². The van der Waals surface area contributed by atoms with Gasteiger partial charge in [-0.3, -0.25) is 4.79 Å². The van der Waals surface area contributed by atoms with Crippen molar-refractivity contribution in [3.8, 4) is 0 Å². The van der Waals surface area contributed by atoms with E-state index in [1.807, 2.05) is 0 Å². The van der Waals surface area contributed by atoms with E-state index in [0.717, 1.165) is 0 Å². The summed E-state index contributed by atoms with van der Waals surface area (Å²) in [4.78, 5) is 11.6. The second kappa shape index (κ2) is 2.92. The summed E-state index contributed by atoms with van der Waals surface area (Å²) in [6.07, 6.45) is 0.466. The Morgan fingerprint density at radius 2 is 2.07 bits per heavy atom. The Labute approximate surface area is 82.7 Å². The topological polar surface area (TPSA) is 51.2 Å². The van der Waals surface area contributed by atoms with Crippen molar-refractivity contribution in [1.82, 2.24) is 0 Å². The summed E-state index contributed by atoms with van der Waals surface area (Å²) in [6.45, 7) is 1.46. The molecule has 0 amide bonds. The Kier molecular flexibility index (Phi) is 1.96. The SMILES string of the molecule is CC(=O)c1cccc2c1CCS2(=O)=O. The summed E-state index contributed by atoms with van der Waals surface area (Å²) in [7, 11) is -3.11. The molecule has 3 nitrogen and oxygen atoms in total. The van der Waals surface area contributed by atoms with E-state index >= 15 is 0 Å². The first-order valence-electron chi connectivity index (χ1n) is 4.38. The Bertz CT molecular complexity index is 500. The number of carbonyl (C=O) groups excluding carboxylic acids is 1. The third kappa shape index (κ3) is 1.26. The van der Waals surface area contributed by atoms with Gasteiger partial charge in [0, 0.05) is 5.56 Å². The molecule has 1 aromatic carbocycles. The van der Waals surface area contributed by atoms with Gasteiger partial charge in [0.1, 0.15) is 0 Å². The minimum absolute atomic E-state index is 0.0704. The van der Waals surface area contributed by atoms with E-state index in [4.69, 9.17) is 0 Å². The Morgan fingerprint density at radius 1 is 1.36 bits per heavy atom. The Balaban J connectivity index is 2.74. The quantitative estimate of drug-likeness (QED) is 0.655. The molecule has 0 unspecified atom stereocenters. The maximum absolute atomic E-state index is 11.5. The smallest absolute Gasteiger partial charge is 0.179 e. The van der Waals surface area contributed by atoms with Crippen molar-refractivity contribution in [1.29, 1.82) is 0 Å². The van der Waals surface area contributed by atoms with Crippen LogP contribution in [0, 0.1) is 0 Å². The summed E-state index contributed by atoms with van der Waals surface area (Å²) in [5.41, 5.74) is 1.24. The van der Waals surface area contributed by atoms with Gasteiger partial charge in [0.25, 0.3) is 0 Å². The number of carbonyl (C=O) groups is 1. The highest BCUT2D eigenvalue weighted by Crippen LogP contribution is 2.28. The first-order chi connectivity index (χ1) is 6.52. The molecule has 1 aliphatic rings. The number of rotatable bonds is 1. The monoisotopic (exact) mass is 210 g/mol. The summed E-state index contributed by atoms with van der Waals surface area (Å²) < 4.78 is 23.0. The molecule has 14 heavy (non-hydrogen) atoms. The molecule has 0 saturated heterocycles. The summed E-state index contributed by atoms with van der Waals surface area (Å²) in [5, 5.41) is 0. The number of fused-ring (bicyclic) bond motifs is 1. The van der Waals surface area contributed by atoms with Crippen LogP contribution in [0.25, 0.3) is 0 Å². The minimum Gasteiger partial charge on any atom is -0.295 e. The highest BCUT2D eigenvalue weighted by Gasteiger charge is 2.28. The van der Waals surface area contributed by atoms with E-state index in [2.05, 4.69) is 0 Å². The molecule has 0 saturated carbocycles. The lowest BCUT2D eigenvalue weighted by atomic mass is 10.0. The summed E-state index contributed by atoms with van der Waals surface area (Å²) in [5.74, 6) is 0.0612. The van der Waals surface area contributed by atoms with Gasteiger partial charge in [-0.2, -0.15) is 0 Å². The van der Waals surface area contributed by atoms with Crippen molar-refractivity contribution < 1.29 is 13.2 Å². The molecule has 1 heterocycles. The normalized spacial score (nSPS) is 17.8. The van der Waals surface area contributed by atoms with Crippen LogP contribution in [-0.4, -0.2) is 20.0 Å². The fourth-order valence-corrected chi connectivity index (χ4v) is 3.36. The van der Waals surface area contributed by atoms with Gasteiger partial charge in [0.15, 0.2) is 15.6 Å². The fraction of sp³-hybridized carbons (Fsp3) is 0.300. The Hall–Kier alpha value is -1.16. The number of Topliss-reactive ketones (excluding diaryl/α,β-unsaturated/α-hetero) is 1. The van der Waals surface area contributed by atoms with Crippen molar-refractivity contribution in [3.63, 3.8) is 0 Å². The van der Waals surface area contributed by atoms with Crippen molar-refractivity contribution in [2.24, 2.45) is 0 Å². The van der Waals surface area contributed by atoms with Crippen LogP contribution in [0.1, 0.15) is 22.8 Å². The van der Waals surface area contributed by atoms with E-state index in [-0.39, 0.29) is 11.5 Å². The van der Waals surface area contributed by atoms with Gasteiger partial charge in [0.2, 0.25) is 0 Å². The molecule has 1 aliphatic heterocycles. The molecular formula is C10H10O3S. The molecule has 0 radical (unpaired) electrons. The zero-order valence-corrected chi connectivity index (χ0v) is 8.60. The highest BCUT2D eigenvalue weighted by atomic mass is 32.2. The molecular weight excluding hydrogens is 200 g/mol. The van der Waals surface area contributed by atoms with Crippen LogP contribution in [0.15, 0.2) is 23.1 Å². The fourth-order valence-electron chi connectivity index (χ4n) is 1.79. The second-order valence-corrected chi connectivity index (χ2v) is 5.48. The standard InChI is InChI=1S/C10H10O3S/c1-7(11)8-3-2-4-10-9(8)5-6-14(10,12)13/h2-4H,5-6H2,1H3. The van der Waals surface area contributed by atoms with E-state index in [0.29, 0.717) is 22.4 Å². The maximum atomic E-state index is 11.5. The minimum atomic E-state index is -3.11. The summed E-state index contributed by atoms with van der Waals surface area (Å²) >= 11 is 0. The lowest BCUT2D eigenvalue weighted by molar-refractivity contribution is 0.101. The van der Waals surface area contributed by atoms with Gasteiger partial charge in [-0.15, -0.1) is 0 Å². The van der Waals surface area contributed by atoms with Crippen LogP contribution in [0.2, 0.25) is 0 Å². The average Bonchev–Trinajstić information content (AvgIpc) is 2.42. The van der Waals surface area contributed by atoms with Gasteiger partial charge < -0.3 is 0 Å². The molecule has 0 fully saturated rings. The van der Waals surface area contributed by atoms with E-state index < -0.39 is 9.84 Å². The molecule has 74 valence electrons. The van der Waals surface area contributed by atoms with Crippen molar-refractivity contribution in [2.45, 2.75) is 18.2 Å². The molecule has 1 aromatic rings. The van der Waals surface area contributed by atoms with Gasteiger partial charge in [-0.1, -0.05) is 12.1 Å². The third-order valence-corrected chi connectivity index (χ3v) is 4.26. The molecule has 0 aliphatic carbocycles. The molecule has 4 heteroatoms. The van der Waals surface area contributed by atoms with E-state index in [1.165, 1.54) is 6.92 Å². The number of ketones is 1. The van der Waals surface area contributed by atoms with Crippen LogP contribution in [0.3, 0.4) is 0 Å². The third-order valence-electron chi connectivity index (χ3n) is 2.47. The predicted octanol–water partition coefficient (Wildman–Crippen LogP) is 1.22. The largest absolute Gasteiger partial charge is 0.295 e. The van der Waals surface area contributed by atoms with Crippen LogP contribution >= 0.6 is 0 Å². The van der Waals surface area contributed by atoms with Crippen LogP contribution in [0.5, 0.6) is 0 Å². The first-order valence-corrected chi connectivity index (χ1v) is 6.03. The molecule has 0 aromatic heterocycles. The molecule has 2 rings (SSSR count). The zero-order valence-electron chi connectivity index (χ0n) is 7.78. The number of hydrogen-bond donors (Lipinski definition) is 0. The highest BCUT2D eigenvalue weighted by molar-refractivity contribution is 7.91. The molecule has 0 atom stereocenters. The van der Waals surface area contributed by atoms with Crippen LogP contribution in [-0.2, 0) is 16.3 Å². The number of benzene rings is 1. The van der Waals surface area contributed by atoms with Crippen molar-refractivity contribution in [2.75, 3.05) is 5.75 Å². The van der Waals surface area contributed by atoms with Gasteiger partial charge in [-0.25, -0.2) is 8.42 Å². The van der Waals surface area contributed by atoms with Gasteiger partial charge >= 0.3 is 0 Å². The lowest BCUT2D eigenvalue weighted by Gasteiger charge is -2.02. The van der Waals surface area contributed by atoms with Crippen molar-refractivity contribution in [3.05, 3.63) is 29.3 Å². The van der Waals surface area contributed by atoms with Crippen molar-refractivity contribution >= 4 is 15.6 Å². The number of hydrogen-bond acceptors (Lipinski definition) is 3. The molecule has 0 bridgehead atoms.